The van der Waals surface area contributed by atoms with Gasteiger partial charge in [0.2, 0.25) is 5.91 Å². The van der Waals surface area contributed by atoms with E-state index in [9.17, 15) is 9.18 Å². The number of hydrogen-bond donors (Lipinski definition) is 2. The lowest BCUT2D eigenvalue weighted by molar-refractivity contribution is -0.120. The molecule has 162 valence electrons. The van der Waals surface area contributed by atoms with Crippen molar-refractivity contribution in [1.29, 1.82) is 0 Å². The second-order valence-corrected chi connectivity index (χ2v) is 6.79. The molecular weight excluding hydrogens is 498 g/mol. The minimum absolute atomic E-state index is 0. The zero-order valence-electron chi connectivity index (χ0n) is 17.1. The number of hydrogen-bond acceptors (Lipinski definition) is 4. The number of benzene rings is 1. The number of pyridine rings is 1. The molecule has 1 aliphatic rings. The van der Waals surface area contributed by atoms with Gasteiger partial charge in [-0.05, 0) is 29.8 Å². The molecule has 9 heteroatoms. The predicted octanol–water partition coefficient (Wildman–Crippen LogP) is 1.89. The van der Waals surface area contributed by atoms with Gasteiger partial charge in [0.15, 0.2) is 5.96 Å². The quantitative estimate of drug-likeness (QED) is 0.261. The highest BCUT2D eigenvalue weighted by molar-refractivity contribution is 14.0. The van der Waals surface area contributed by atoms with Gasteiger partial charge >= 0.3 is 0 Å². The third-order valence-electron chi connectivity index (χ3n) is 4.75. The normalized spacial score (nSPS) is 14.1. The zero-order chi connectivity index (χ0) is 20.5. The van der Waals surface area contributed by atoms with E-state index >= 15 is 0 Å². The van der Waals surface area contributed by atoms with Crippen LogP contribution in [0.2, 0.25) is 0 Å². The Kier molecular flexibility index (Phi) is 9.78. The third kappa shape index (κ3) is 7.12. The molecule has 3 rings (SSSR count). The molecule has 1 amide bonds. The summed E-state index contributed by atoms with van der Waals surface area (Å²) in [6, 6.07) is 12.0. The van der Waals surface area contributed by atoms with Gasteiger partial charge in [-0.15, -0.1) is 24.0 Å². The lowest BCUT2D eigenvalue weighted by atomic mass is 10.1. The maximum Gasteiger partial charge on any atom is 0.224 e. The van der Waals surface area contributed by atoms with Crippen molar-refractivity contribution in [3.8, 4) is 0 Å². The molecule has 30 heavy (non-hydrogen) atoms. The fourth-order valence-corrected chi connectivity index (χ4v) is 3.29. The third-order valence-corrected chi connectivity index (χ3v) is 4.75. The molecule has 2 N–H and O–H groups in total. The van der Waals surface area contributed by atoms with Gasteiger partial charge in [-0.2, -0.15) is 0 Å². The molecule has 1 saturated heterocycles. The average Bonchev–Trinajstić information content (AvgIpc) is 2.75. The topological polar surface area (TPSA) is 72.9 Å². The Bertz CT molecular complexity index is 827. The van der Waals surface area contributed by atoms with Crippen molar-refractivity contribution in [1.82, 2.24) is 20.5 Å². The molecule has 2 aromatic rings. The Morgan fingerprint density at radius 3 is 2.53 bits per heavy atom. The molecule has 7 nitrogen and oxygen atoms in total. The fraction of sp³-hybridized carbons (Fsp3) is 0.381. The van der Waals surface area contributed by atoms with Crippen molar-refractivity contribution in [3.63, 3.8) is 0 Å². The van der Waals surface area contributed by atoms with Gasteiger partial charge in [-0.25, -0.2) is 9.37 Å². The Morgan fingerprint density at radius 2 is 1.87 bits per heavy atom. The summed E-state index contributed by atoms with van der Waals surface area (Å²) >= 11 is 0. The van der Waals surface area contributed by atoms with E-state index in [1.54, 1.807) is 19.2 Å². The Morgan fingerprint density at radius 1 is 1.10 bits per heavy atom. The zero-order valence-corrected chi connectivity index (χ0v) is 19.4. The van der Waals surface area contributed by atoms with Crippen LogP contribution >= 0.6 is 24.0 Å². The molecule has 1 aromatic carbocycles. The van der Waals surface area contributed by atoms with E-state index in [1.165, 1.54) is 12.1 Å². The van der Waals surface area contributed by atoms with Crippen molar-refractivity contribution >= 4 is 41.7 Å². The summed E-state index contributed by atoms with van der Waals surface area (Å²) < 4.78 is 13.2. The van der Waals surface area contributed by atoms with Gasteiger partial charge in [0.1, 0.15) is 11.6 Å². The first kappa shape index (κ1) is 23.8. The summed E-state index contributed by atoms with van der Waals surface area (Å²) in [7, 11) is 1.76. The Balaban J connectivity index is 0.00000320. The van der Waals surface area contributed by atoms with Gasteiger partial charge in [0.05, 0.1) is 6.42 Å². The van der Waals surface area contributed by atoms with E-state index in [-0.39, 0.29) is 42.1 Å². The number of piperazine rings is 1. The summed E-state index contributed by atoms with van der Waals surface area (Å²) in [6.45, 7) is 4.50. The van der Waals surface area contributed by atoms with E-state index in [2.05, 4.69) is 30.4 Å². The minimum Gasteiger partial charge on any atom is -0.354 e. The van der Waals surface area contributed by atoms with Gasteiger partial charge in [0.25, 0.3) is 0 Å². The summed E-state index contributed by atoms with van der Waals surface area (Å²) in [5.74, 6) is 1.36. The summed E-state index contributed by atoms with van der Waals surface area (Å²) in [6.07, 6.45) is 1.98. The van der Waals surface area contributed by atoms with Gasteiger partial charge < -0.3 is 20.4 Å². The SMILES string of the molecule is CN=C(NCCNC(=O)Cc1cccc(F)c1)N1CCN(c2ccccn2)CC1.I. The maximum absolute atomic E-state index is 13.2. The van der Waals surface area contributed by atoms with E-state index in [0.29, 0.717) is 18.7 Å². The van der Waals surface area contributed by atoms with Crippen LogP contribution in [0.1, 0.15) is 5.56 Å². The number of carbonyl (C=O) groups excluding carboxylic acids is 1. The highest BCUT2D eigenvalue weighted by atomic mass is 127. The number of guanidine groups is 1. The lowest BCUT2D eigenvalue weighted by Crippen LogP contribution is -2.53. The van der Waals surface area contributed by atoms with Crippen molar-refractivity contribution in [2.75, 3.05) is 51.2 Å². The van der Waals surface area contributed by atoms with Crippen LogP contribution < -0.4 is 15.5 Å². The molecule has 0 aliphatic carbocycles. The molecule has 0 atom stereocenters. The van der Waals surface area contributed by atoms with Crippen LogP contribution in [0.4, 0.5) is 10.2 Å². The monoisotopic (exact) mass is 526 g/mol. The van der Waals surface area contributed by atoms with Crippen molar-refractivity contribution in [3.05, 3.63) is 60.0 Å². The molecular formula is C21H28FIN6O. The Hall–Kier alpha value is -2.43. The number of halogens is 2. The second-order valence-electron chi connectivity index (χ2n) is 6.79. The molecule has 2 heterocycles. The van der Waals surface area contributed by atoms with Crippen LogP contribution in [-0.4, -0.2) is 68.1 Å². The molecule has 0 saturated carbocycles. The van der Waals surface area contributed by atoms with E-state index < -0.39 is 0 Å². The minimum atomic E-state index is -0.330. The molecule has 1 aliphatic heterocycles. The van der Waals surface area contributed by atoms with E-state index in [4.69, 9.17) is 0 Å². The van der Waals surface area contributed by atoms with Crippen LogP contribution in [0.25, 0.3) is 0 Å². The standard InChI is InChI=1S/C21H27FN6O.HI/c1-23-21(28-13-11-27(12-14-28)19-7-2-3-8-24-19)26-10-9-25-20(29)16-17-5-4-6-18(22)15-17;/h2-8,15H,9-14,16H2,1H3,(H,23,26)(H,25,29);1H. The predicted molar refractivity (Wildman–Crippen MR) is 128 cm³/mol. The van der Waals surface area contributed by atoms with Crippen LogP contribution in [0.3, 0.4) is 0 Å². The molecule has 1 fully saturated rings. The number of carbonyl (C=O) groups is 1. The number of nitrogens with one attached hydrogen (secondary N) is 2. The molecule has 0 spiro atoms. The smallest absolute Gasteiger partial charge is 0.224 e. The lowest BCUT2D eigenvalue weighted by Gasteiger charge is -2.37. The molecule has 0 unspecified atom stereocenters. The van der Waals surface area contributed by atoms with Crippen LogP contribution in [0, 0.1) is 5.82 Å². The highest BCUT2D eigenvalue weighted by Crippen LogP contribution is 2.12. The van der Waals surface area contributed by atoms with Crippen molar-refractivity contribution in [2.45, 2.75) is 6.42 Å². The van der Waals surface area contributed by atoms with E-state index in [1.807, 2.05) is 24.4 Å². The van der Waals surface area contributed by atoms with Crippen LogP contribution in [0.5, 0.6) is 0 Å². The summed E-state index contributed by atoms with van der Waals surface area (Å²) in [5, 5.41) is 6.14. The first-order chi connectivity index (χ1) is 14.2. The van der Waals surface area contributed by atoms with Gasteiger partial charge in [-0.3, -0.25) is 9.79 Å². The average molecular weight is 526 g/mol. The number of aliphatic imine (C=N–C) groups is 1. The number of amides is 1. The van der Waals surface area contributed by atoms with Crippen LogP contribution in [-0.2, 0) is 11.2 Å². The first-order valence-corrected chi connectivity index (χ1v) is 9.78. The summed E-state index contributed by atoms with van der Waals surface area (Å²) in [4.78, 5) is 25.2. The van der Waals surface area contributed by atoms with Gasteiger partial charge in [0, 0.05) is 52.5 Å². The fourth-order valence-electron chi connectivity index (χ4n) is 3.29. The molecule has 0 bridgehead atoms. The number of anilines is 1. The maximum atomic E-state index is 13.2. The first-order valence-electron chi connectivity index (χ1n) is 9.78. The second kappa shape index (κ2) is 12.3. The van der Waals surface area contributed by atoms with E-state index in [0.717, 1.165) is 38.0 Å². The largest absolute Gasteiger partial charge is 0.354 e. The number of nitrogens with zero attached hydrogens (tertiary/aromatic N) is 4. The van der Waals surface area contributed by atoms with Crippen molar-refractivity contribution in [2.24, 2.45) is 4.99 Å². The molecule has 0 radical (unpaired) electrons. The Labute approximate surface area is 193 Å². The number of aromatic nitrogens is 1. The highest BCUT2D eigenvalue weighted by Gasteiger charge is 2.20. The van der Waals surface area contributed by atoms with Crippen molar-refractivity contribution < 1.29 is 9.18 Å². The number of rotatable bonds is 6. The van der Waals surface area contributed by atoms with Crippen LogP contribution in [0.15, 0.2) is 53.7 Å². The van der Waals surface area contributed by atoms with Gasteiger partial charge in [-0.1, -0.05) is 18.2 Å². The summed E-state index contributed by atoms with van der Waals surface area (Å²) in [5.41, 5.74) is 0.664. The molecule has 1 aromatic heterocycles.